The van der Waals surface area contributed by atoms with Crippen LogP contribution in [0.25, 0.3) is 10.9 Å². The van der Waals surface area contributed by atoms with Gasteiger partial charge in [0.1, 0.15) is 36.2 Å². The molecule has 0 fully saturated rings. The Morgan fingerprint density at radius 3 is 2.54 bits per heavy atom. The van der Waals surface area contributed by atoms with Crippen LogP contribution in [-0.2, 0) is 30.9 Å². The van der Waals surface area contributed by atoms with Gasteiger partial charge in [0.2, 0.25) is 0 Å². The molecule has 0 aliphatic carbocycles. The summed E-state index contributed by atoms with van der Waals surface area (Å²) in [5.74, 6) is -3.20. The Hall–Kier alpha value is -4.73. The molecule has 5 aromatic rings. The van der Waals surface area contributed by atoms with Crippen molar-refractivity contribution in [1.82, 2.24) is 9.72 Å². The maximum atomic E-state index is 14.0. The largest absolute Gasteiger partial charge is 0.489 e. The molecule has 0 aliphatic heterocycles. The predicted octanol–water partition coefficient (Wildman–Crippen LogP) is 6.99. The quantitative estimate of drug-likeness (QED) is 0.161. The zero-order valence-corrected chi connectivity index (χ0v) is 22.5. The van der Waals surface area contributed by atoms with E-state index in [0.29, 0.717) is 53.4 Å². The van der Waals surface area contributed by atoms with Crippen LogP contribution in [0.4, 0.5) is 13.2 Å². The lowest BCUT2D eigenvalue weighted by Gasteiger charge is -2.11. The van der Waals surface area contributed by atoms with Crippen LogP contribution in [0, 0.1) is 17.5 Å². The number of ether oxygens (including phenoxy) is 3. The third-order valence-corrected chi connectivity index (χ3v) is 6.57. The average Bonchev–Trinajstić information content (AvgIpc) is 3.54. The van der Waals surface area contributed by atoms with Crippen molar-refractivity contribution >= 4 is 16.9 Å². The minimum Gasteiger partial charge on any atom is -0.489 e. The minimum atomic E-state index is -1.14. The number of aromatic nitrogens is 2. The first-order chi connectivity index (χ1) is 19.9. The fraction of sp³-hybridized carbons (Fsp3) is 0.226. The summed E-state index contributed by atoms with van der Waals surface area (Å²) in [6.07, 6.45) is 3.33. The smallest absolute Gasteiger partial charge is 0.337 e. The fourth-order valence-electron chi connectivity index (χ4n) is 4.56. The molecule has 0 N–H and O–H groups in total. The Bertz CT molecular complexity index is 1670. The van der Waals surface area contributed by atoms with Gasteiger partial charge in [-0.05, 0) is 48.4 Å². The second kappa shape index (κ2) is 12.2. The van der Waals surface area contributed by atoms with Gasteiger partial charge in [-0.15, -0.1) is 0 Å². The number of esters is 1. The number of hydrogen-bond donors (Lipinski definition) is 0. The van der Waals surface area contributed by atoms with E-state index in [1.54, 1.807) is 6.07 Å². The molecule has 41 heavy (non-hydrogen) atoms. The molecule has 2 aromatic heterocycles. The first kappa shape index (κ1) is 27.8. The molecule has 0 bridgehead atoms. The van der Waals surface area contributed by atoms with Crippen molar-refractivity contribution in [3.63, 3.8) is 0 Å². The van der Waals surface area contributed by atoms with Gasteiger partial charge in [0, 0.05) is 42.2 Å². The molecule has 7 nitrogen and oxygen atoms in total. The molecule has 0 saturated heterocycles. The van der Waals surface area contributed by atoms with E-state index in [4.69, 9.17) is 18.7 Å². The van der Waals surface area contributed by atoms with Crippen LogP contribution in [0.1, 0.15) is 46.3 Å². The summed E-state index contributed by atoms with van der Waals surface area (Å²) in [5.41, 5.74) is 3.38. The van der Waals surface area contributed by atoms with Crippen molar-refractivity contribution in [3.05, 3.63) is 112 Å². The molecule has 0 aliphatic rings. The zero-order valence-electron chi connectivity index (χ0n) is 22.5. The molecule has 2 heterocycles. The van der Waals surface area contributed by atoms with Crippen LogP contribution in [0.2, 0.25) is 0 Å². The maximum absolute atomic E-state index is 14.0. The summed E-state index contributed by atoms with van der Waals surface area (Å²) in [6.45, 7) is 2.36. The van der Waals surface area contributed by atoms with Gasteiger partial charge in [-0.1, -0.05) is 24.2 Å². The number of carbonyl (C=O) groups is 1. The van der Waals surface area contributed by atoms with Gasteiger partial charge in [-0.25, -0.2) is 18.0 Å². The van der Waals surface area contributed by atoms with E-state index in [0.717, 1.165) is 22.9 Å². The Kier molecular flexibility index (Phi) is 8.28. The monoisotopic (exact) mass is 564 g/mol. The zero-order chi connectivity index (χ0) is 28.9. The molecule has 0 atom stereocenters. The standard InChI is InChI=1S/C31H27F3N2O5/c1-3-5-29-24(27(35-41-29)18-40-30-25(33)14-22(32)15-26(30)34)17-39-23-8-9-28-20(13-23)10-11-36(28)16-19-6-4-7-21(12-19)31(37)38-2/h4,6-15H,3,5,16-18H2,1-2H3. The third kappa shape index (κ3) is 6.21. The number of aryl methyl sites for hydroxylation is 1. The van der Waals surface area contributed by atoms with Gasteiger partial charge in [0.05, 0.1) is 18.2 Å². The molecule has 3 aromatic carbocycles. The van der Waals surface area contributed by atoms with Crippen molar-refractivity contribution in [1.29, 1.82) is 0 Å². The SMILES string of the molecule is CCCc1onc(COc2c(F)cc(F)cc2F)c1COc1ccc2c(ccn2Cc2cccc(C(=O)OC)c2)c1. The molecule has 0 saturated carbocycles. The molecule has 0 unspecified atom stereocenters. The van der Waals surface area contributed by atoms with Crippen LogP contribution in [0.5, 0.6) is 11.5 Å². The first-order valence-electron chi connectivity index (χ1n) is 13.0. The lowest BCUT2D eigenvalue weighted by atomic mass is 10.1. The normalized spacial score (nSPS) is 11.1. The third-order valence-electron chi connectivity index (χ3n) is 6.57. The van der Waals surface area contributed by atoms with Crippen molar-refractivity contribution < 1.29 is 36.7 Å². The lowest BCUT2D eigenvalue weighted by molar-refractivity contribution is 0.0600. The van der Waals surface area contributed by atoms with Gasteiger partial charge in [0.15, 0.2) is 17.4 Å². The van der Waals surface area contributed by atoms with E-state index in [9.17, 15) is 18.0 Å². The highest BCUT2D eigenvalue weighted by molar-refractivity contribution is 5.89. The number of fused-ring (bicyclic) bond motifs is 1. The number of methoxy groups -OCH3 is 1. The Labute approximate surface area is 234 Å². The minimum absolute atomic E-state index is 0.0957. The highest BCUT2D eigenvalue weighted by atomic mass is 19.1. The average molecular weight is 565 g/mol. The van der Waals surface area contributed by atoms with Gasteiger partial charge in [0.25, 0.3) is 0 Å². The summed E-state index contributed by atoms with van der Waals surface area (Å²) in [5, 5.41) is 4.98. The van der Waals surface area contributed by atoms with E-state index < -0.39 is 23.2 Å². The van der Waals surface area contributed by atoms with Crippen LogP contribution in [0.15, 0.2) is 71.4 Å². The number of nitrogens with zero attached hydrogens (tertiary/aromatic N) is 2. The molecular weight excluding hydrogens is 537 g/mol. The second-order valence-electron chi connectivity index (χ2n) is 9.41. The van der Waals surface area contributed by atoms with Crippen LogP contribution in [-0.4, -0.2) is 22.8 Å². The van der Waals surface area contributed by atoms with Crippen LogP contribution >= 0.6 is 0 Å². The molecule has 5 rings (SSSR count). The number of halogens is 3. The molecule has 0 radical (unpaired) electrons. The van der Waals surface area contributed by atoms with E-state index in [1.807, 2.05) is 55.6 Å². The number of rotatable bonds is 11. The lowest BCUT2D eigenvalue weighted by Crippen LogP contribution is -2.06. The maximum Gasteiger partial charge on any atom is 0.337 e. The van der Waals surface area contributed by atoms with Crippen molar-refractivity contribution in [2.24, 2.45) is 0 Å². The summed E-state index contributed by atoms with van der Waals surface area (Å²) in [6, 6.07) is 16.1. The Morgan fingerprint density at radius 1 is 0.976 bits per heavy atom. The molecule has 10 heteroatoms. The van der Waals surface area contributed by atoms with Crippen molar-refractivity contribution in [3.8, 4) is 11.5 Å². The summed E-state index contributed by atoms with van der Waals surface area (Å²) < 4.78 is 65.0. The molecule has 0 amide bonds. The topological polar surface area (TPSA) is 75.7 Å². The van der Waals surface area contributed by atoms with E-state index in [-0.39, 0.29) is 19.2 Å². The highest BCUT2D eigenvalue weighted by Gasteiger charge is 2.20. The second-order valence-corrected chi connectivity index (χ2v) is 9.41. The first-order valence-corrected chi connectivity index (χ1v) is 13.0. The predicted molar refractivity (Wildman–Crippen MR) is 144 cm³/mol. The van der Waals surface area contributed by atoms with Gasteiger partial charge < -0.3 is 23.3 Å². The Morgan fingerprint density at radius 2 is 1.78 bits per heavy atom. The highest BCUT2D eigenvalue weighted by Crippen LogP contribution is 2.27. The van der Waals surface area contributed by atoms with E-state index in [1.165, 1.54) is 7.11 Å². The van der Waals surface area contributed by atoms with Crippen molar-refractivity contribution in [2.45, 2.75) is 39.5 Å². The van der Waals surface area contributed by atoms with Crippen LogP contribution < -0.4 is 9.47 Å². The summed E-state index contributed by atoms with van der Waals surface area (Å²) >= 11 is 0. The van der Waals surface area contributed by atoms with E-state index >= 15 is 0 Å². The molecule has 212 valence electrons. The van der Waals surface area contributed by atoms with Crippen LogP contribution in [0.3, 0.4) is 0 Å². The van der Waals surface area contributed by atoms with Gasteiger partial charge >= 0.3 is 5.97 Å². The summed E-state index contributed by atoms with van der Waals surface area (Å²) in [4.78, 5) is 11.9. The number of benzene rings is 3. The number of carbonyl (C=O) groups excluding carboxylic acids is 1. The van der Waals surface area contributed by atoms with Gasteiger partial charge in [-0.3, -0.25) is 0 Å². The number of hydrogen-bond acceptors (Lipinski definition) is 6. The molecule has 0 spiro atoms. The fourth-order valence-corrected chi connectivity index (χ4v) is 4.56. The molecular formula is C31H27F3N2O5. The van der Waals surface area contributed by atoms with Crippen molar-refractivity contribution in [2.75, 3.05) is 7.11 Å². The van der Waals surface area contributed by atoms with E-state index in [2.05, 4.69) is 9.72 Å². The summed E-state index contributed by atoms with van der Waals surface area (Å²) in [7, 11) is 1.35. The Balaban J connectivity index is 1.30. The van der Waals surface area contributed by atoms with Gasteiger partial charge in [-0.2, -0.15) is 0 Å².